The Morgan fingerprint density at radius 1 is 1.50 bits per heavy atom. The van der Waals surface area contributed by atoms with E-state index in [1.807, 2.05) is 41.3 Å². The lowest BCUT2D eigenvalue weighted by Crippen LogP contribution is -2.44. The molecule has 0 unspecified atom stereocenters. The molecule has 2 atom stereocenters. The van der Waals surface area contributed by atoms with E-state index < -0.39 is 0 Å². The standard InChI is InChI=1S/C20H28N4O3S/c1-15(18-7-5-11-28-18)20(26)23-8-4-6-16(14-23)24-19(25)12-17(13-21-24)22(2)9-10-27-3/h5,7,11-13,15-16H,4,6,8-10,14H2,1-3H3/t15-,16+/m0/s1. The highest BCUT2D eigenvalue weighted by Crippen LogP contribution is 2.26. The average Bonchev–Trinajstić information content (AvgIpc) is 3.25. The van der Waals surface area contributed by atoms with Crippen LogP contribution < -0.4 is 10.5 Å². The summed E-state index contributed by atoms with van der Waals surface area (Å²) in [6, 6.07) is 5.49. The maximum atomic E-state index is 12.9. The van der Waals surface area contributed by atoms with Crippen LogP contribution in [0.2, 0.25) is 0 Å². The van der Waals surface area contributed by atoms with Gasteiger partial charge in [-0.3, -0.25) is 9.59 Å². The van der Waals surface area contributed by atoms with Crippen LogP contribution in [0, 0.1) is 0 Å². The van der Waals surface area contributed by atoms with Crippen molar-refractivity contribution in [1.82, 2.24) is 14.7 Å². The van der Waals surface area contributed by atoms with Crippen LogP contribution in [0.4, 0.5) is 5.69 Å². The number of nitrogens with zero attached hydrogens (tertiary/aromatic N) is 4. The SMILES string of the molecule is COCCN(C)c1cnn([C@@H]2CCCN(C(=O)[C@@H](C)c3cccs3)C2)c(=O)c1. The third kappa shape index (κ3) is 4.62. The van der Waals surface area contributed by atoms with Crippen LogP contribution in [0.25, 0.3) is 0 Å². The van der Waals surface area contributed by atoms with E-state index in [2.05, 4.69) is 5.10 Å². The summed E-state index contributed by atoms with van der Waals surface area (Å²) in [6.45, 7) is 4.49. The van der Waals surface area contributed by atoms with E-state index in [-0.39, 0.29) is 23.4 Å². The lowest BCUT2D eigenvalue weighted by molar-refractivity contribution is -0.134. The van der Waals surface area contributed by atoms with Crippen molar-refractivity contribution in [1.29, 1.82) is 0 Å². The molecule has 0 radical (unpaired) electrons. The fraction of sp³-hybridized carbons (Fsp3) is 0.550. The van der Waals surface area contributed by atoms with Crippen molar-refractivity contribution in [3.63, 3.8) is 0 Å². The first-order chi connectivity index (χ1) is 13.5. The fourth-order valence-corrected chi connectivity index (χ4v) is 4.31. The molecule has 1 saturated heterocycles. The molecule has 8 heteroatoms. The van der Waals surface area contributed by atoms with E-state index in [9.17, 15) is 9.59 Å². The molecule has 0 bridgehead atoms. The molecule has 0 aliphatic carbocycles. The molecule has 0 saturated carbocycles. The first kappa shape index (κ1) is 20.5. The van der Waals surface area contributed by atoms with E-state index in [0.717, 1.165) is 30.0 Å². The van der Waals surface area contributed by atoms with Gasteiger partial charge in [0.05, 0.1) is 30.5 Å². The minimum Gasteiger partial charge on any atom is -0.383 e. The Hall–Kier alpha value is -2.19. The zero-order chi connectivity index (χ0) is 20.1. The summed E-state index contributed by atoms with van der Waals surface area (Å²) in [5, 5.41) is 6.40. The minimum absolute atomic E-state index is 0.0842. The molecule has 0 N–H and O–H groups in total. The lowest BCUT2D eigenvalue weighted by atomic mass is 10.0. The monoisotopic (exact) mass is 404 g/mol. The van der Waals surface area contributed by atoms with Gasteiger partial charge in [-0.25, -0.2) is 4.68 Å². The summed E-state index contributed by atoms with van der Waals surface area (Å²) >= 11 is 1.60. The topological polar surface area (TPSA) is 67.7 Å². The fourth-order valence-electron chi connectivity index (χ4n) is 3.54. The molecule has 28 heavy (non-hydrogen) atoms. The van der Waals surface area contributed by atoms with Crippen LogP contribution in [-0.2, 0) is 9.53 Å². The number of hydrogen-bond acceptors (Lipinski definition) is 6. The predicted octanol–water partition coefficient (Wildman–Crippen LogP) is 2.35. The number of piperidine rings is 1. The second kappa shape index (κ2) is 9.34. The molecule has 1 amide bonds. The molecule has 0 aromatic carbocycles. The van der Waals surface area contributed by atoms with Gasteiger partial charge >= 0.3 is 0 Å². The molecular formula is C20H28N4O3S. The van der Waals surface area contributed by atoms with Crippen molar-refractivity contribution in [3.05, 3.63) is 45.0 Å². The largest absolute Gasteiger partial charge is 0.383 e. The third-order valence-corrected chi connectivity index (χ3v) is 6.33. The molecule has 2 aromatic rings. The summed E-state index contributed by atoms with van der Waals surface area (Å²) in [7, 11) is 3.56. The molecule has 7 nitrogen and oxygen atoms in total. The number of carbonyl (C=O) groups excluding carboxylic acids is 1. The van der Waals surface area contributed by atoms with Gasteiger partial charge in [-0.1, -0.05) is 6.07 Å². The van der Waals surface area contributed by atoms with Gasteiger partial charge in [-0.05, 0) is 31.2 Å². The van der Waals surface area contributed by atoms with Crippen molar-refractivity contribution in [2.45, 2.75) is 31.7 Å². The number of carbonyl (C=O) groups is 1. The second-order valence-corrected chi connectivity index (χ2v) is 8.21. The van der Waals surface area contributed by atoms with Crippen molar-refractivity contribution < 1.29 is 9.53 Å². The van der Waals surface area contributed by atoms with Crippen LogP contribution in [0.15, 0.2) is 34.6 Å². The predicted molar refractivity (Wildman–Crippen MR) is 111 cm³/mol. The maximum Gasteiger partial charge on any atom is 0.269 e. The first-order valence-corrected chi connectivity index (χ1v) is 10.5. The maximum absolute atomic E-state index is 12.9. The van der Waals surface area contributed by atoms with Crippen molar-refractivity contribution in [3.8, 4) is 0 Å². The normalized spacial score (nSPS) is 18.1. The van der Waals surface area contributed by atoms with E-state index in [1.165, 1.54) is 4.68 Å². The zero-order valence-electron chi connectivity index (χ0n) is 16.7. The van der Waals surface area contributed by atoms with Crippen molar-refractivity contribution in [2.75, 3.05) is 45.3 Å². The molecule has 1 aliphatic heterocycles. The molecule has 1 aliphatic rings. The number of likely N-dealkylation sites (tertiary alicyclic amines) is 1. The highest BCUT2D eigenvalue weighted by molar-refractivity contribution is 7.10. The average molecular weight is 405 g/mol. The van der Waals surface area contributed by atoms with E-state index in [1.54, 1.807) is 30.7 Å². The second-order valence-electron chi connectivity index (χ2n) is 7.23. The Kier molecular flexibility index (Phi) is 6.85. The number of hydrogen-bond donors (Lipinski definition) is 0. The zero-order valence-corrected chi connectivity index (χ0v) is 17.5. The van der Waals surface area contributed by atoms with Gasteiger partial charge < -0.3 is 14.5 Å². The molecule has 0 spiro atoms. The number of anilines is 1. The summed E-state index contributed by atoms with van der Waals surface area (Å²) in [4.78, 5) is 30.5. The van der Waals surface area contributed by atoms with Crippen molar-refractivity contribution >= 4 is 22.9 Å². The van der Waals surface area contributed by atoms with Crippen LogP contribution in [-0.4, -0.2) is 61.0 Å². The lowest BCUT2D eigenvalue weighted by Gasteiger charge is -2.34. The minimum atomic E-state index is -0.153. The van der Waals surface area contributed by atoms with Crippen LogP contribution >= 0.6 is 11.3 Å². The Morgan fingerprint density at radius 2 is 2.32 bits per heavy atom. The summed E-state index contributed by atoms with van der Waals surface area (Å²) < 4.78 is 6.61. The molecule has 1 fully saturated rings. The highest BCUT2D eigenvalue weighted by atomic mass is 32.1. The van der Waals surface area contributed by atoms with Crippen LogP contribution in [0.3, 0.4) is 0 Å². The number of methoxy groups -OCH3 is 1. The van der Waals surface area contributed by atoms with Gasteiger partial charge in [-0.15, -0.1) is 11.3 Å². The van der Waals surface area contributed by atoms with E-state index in [0.29, 0.717) is 19.7 Å². The highest BCUT2D eigenvalue weighted by Gasteiger charge is 2.29. The smallest absolute Gasteiger partial charge is 0.269 e. The van der Waals surface area contributed by atoms with Gasteiger partial charge in [0.1, 0.15) is 0 Å². The summed E-state index contributed by atoms with van der Waals surface area (Å²) in [5.74, 6) is -0.0311. The molecular weight excluding hydrogens is 376 g/mol. The van der Waals surface area contributed by atoms with Gasteiger partial charge in [0.25, 0.3) is 5.56 Å². The number of aromatic nitrogens is 2. The van der Waals surface area contributed by atoms with Gasteiger partial charge in [0, 0.05) is 44.7 Å². The quantitative estimate of drug-likeness (QED) is 0.709. The third-order valence-electron chi connectivity index (χ3n) is 5.28. The van der Waals surface area contributed by atoms with E-state index in [4.69, 9.17) is 4.74 Å². The number of amides is 1. The Labute approximate surface area is 169 Å². The number of thiophene rings is 1. The summed E-state index contributed by atoms with van der Waals surface area (Å²) in [5.41, 5.74) is 0.640. The summed E-state index contributed by atoms with van der Waals surface area (Å²) in [6.07, 6.45) is 3.44. The number of rotatable bonds is 7. The molecule has 152 valence electrons. The molecule has 2 aromatic heterocycles. The van der Waals surface area contributed by atoms with E-state index >= 15 is 0 Å². The van der Waals surface area contributed by atoms with Crippen LogP contribution in [0.5, 0.6) is 0 Å². The Bertz CT molecular complexity index is 836. The van der Waals surface area contributed by atoms with Gasteiger partial charge in [-0.2, -0.15) is 5.10 Å². The Balaban J connectivity index is 1.70. The number of likely N-dealkylation sites (N-methyl/N-ethyl adjacent to an activating group) is 1. The Morgan fingerprint density at radius 3 is 3.00 bits per heavy atom. The first-order valence-electron chi connectivity index (χ1n) is 9.62. The number of ether oxygens (including phenoxy) is 1. The van der Waals surface area contributed by atoms with Crippen molar-refractivity contribution in [2.24, 2.45) is 0 Å². The molecule has 3 rings (SSSR count). The molecule has 3 heterocycles. The van der Waals surface area contributed by atoms with Gasteiger partial charge in [0.15, 0.2) is 0 Å². The van der Waals surface area contributed by atoms with Crippen LogP contribution in [0.1, 0.15) is 36.6 Å². The van der Waals surface area contributed by atoms with Gasteiger partial charge in [0.2, 0.25) is 5.91 Å².